The fourth-order valence-electron chi connectivity index (χ4n) is 2.70. The molecule has 31 heavy (non-hydrogen) atoms. The van der Waals surface area contributed by atoms with Crippen LogP contribution in [0.1, 0.15) is 35.9 Å². The van der Waals surface area contributed by atoms with Gasteiger partial charge < -0.3 is 21.5 Å². The Kier molecular flexibility index (Phi) is 6.74. The quantitative estimate of drug-likeness (QED) is 0.504. The van der Waals surface area contributed by atoms with Crippen LogP contribution in [-0.2, 0) is 0 Å². The van der Waals surface area contributed by atoms with Crippen LogP contribution in [0.3, 0.4) is 0 Å². The van der Waals surface area contributed by atoms with E-state index in [0.29, 0.717) is 18.1 Å². The molecule has 1 atom stereocenters. The lowest BCUT2D eigenvalue weighted by molar-refractivity contribution is 0.102. The monoisotopic (exact) mass is 463 g/mol. The Balaban J connectivity index is 2.03. The predicted molar refractivity (Wildman–Crippen MR) is 118 cm³/mol. The standard InChI is InChI=1S/C19H19Cl2N7O3/c1-3-31-10-4-11(20)16(12(21)5-10)28-8-25-17(23)15(19(28)30)18(29)27-14-7-24-6-13(26-14)9(2)22/h4-9H,3,22-23H2,1-2H3,(H,26,27,29)/t9-/m0/s1. The number of anilines is 2. The number of hydrogen-bond acceptors (Lipinski definition) is 8. The number of carbonyl (C=O) groups excluding carboxylic acids is 1. The van der Waals surface area contributed by atoms with Gasteiger partial charge in [0, 0.05) is 18.2 Å². The largest absolute Gasteiger partial charge is 0.494 e. The van der Waals surface area contributed by atoms with Crippen LogP contribution in [0.2, 0.25) is 10.0 Å². The maximum Gasteiger partial charge on any atom is 0.273 e. The summed E-state index contributed by atoms with van der Waals surface area (Å²) in [6.45, 7) is 3.94. The van der Waals surface area contributed by atoms with Gasteiger partial charge in [-0.3, -0.25) is 19.1 Å². The minimum Gasteiger partial charge on any atom is -0.494 e. The first-order chi connectivity index (χ1) is 14.7. The smallest absolute Gasteiger partial charge is 0.273 e. The molecule has 3 aromatic rings. The number of carbonyl (C=O) groups is 1. The number of amides is 1. The maximum atomic E-state index is 13.1. The Bertz CT molecular complexity index is 1170. The lowest BCUT2D eigenvalue weighted by Crippen LogP contribution is -2.31. The summed E-state index contributed by atoms with van der Waals surface area (Å²) in [5, 5.41) is 2.74. The van der Waals surface area contributed by atoms with Crippen molar-refractivity contribution in [3.05, 3.63) is 62.5 Å². The molecule has 162 valence electrons. The first-order valence-corrected chi connectivity index (χ1v) is 9.86. The summed E-state index contributed by atoms with van der Waals surface area (Å²) in [6, 6.07) is 2.61. The van der Waals surface area contributed by atoms with Gasteiger partial charge in [0.05, 0.1) is 40.4 Å². The van der Waals surface area contributed by atoms with E-state index in [2.05, 4.69) is 20.3 Å². The molecule has 0 saturated carbocycles. The minimum atomic E-state index is -0.821. The number of aromatic nitrogens is 4. The summed E-state index contributed by atoms with van der Waals surface area (Å²) in [4.78, 5) is 38.0. The van der Waals surface area contributed by atoms with Gasteiger partial charge in [0.2, 0.25) is 0 Å². The van der Waals surface area contributed by atoms with E-state index in [0.717, 1.165) is 10.9 Å². The third-order valence-electron chi connectivity index (χ3n) is 4.13. The number of hydrogen-bond donors (Lipinski definition) is 3. The van der Waals surface area contributed by atoms with Gasteiger partial charge in [0.15, 0.2) is 5.82 Å². The van der Waals surface area contributed by atoms with Crippen molar-refractivity contribution in [2.75, 3.05) is 17.7 Å². The average molecular weight is 464 g/mol. The number of nitrogens with one attached hydrogen (secondary N) is 1. The van der Waals surface area contributed by atoms with Gasteiger partial charge in [-0.05, 0) is 13.8 Å². The second kappa shape index (κ2) is 9.29. The average Bonchev–Trinajstić information content (AvgIpc) is 2.69. The Hall–Kier alpha value is -3.21. The SMILES string of the molecule is CCOc1cc(Cl)c(-n2cnc(N)c(C(=O)Nc3cncc([C@H](C)N)n3)c2=O)c(Cl)c1. The normalized spacial score (nSPS) is 11.8. The van der Waals surface area contributed by atoms with E-state index in [1.807, 2.05) is 6.92 Å². The Morgan fingerprint density at radius 3 is 2.58 bits per heavy atom. The third kappa shape index (κ3) is 4.76. The summed E-state index contributed by atoms with van der Waals surface area (Å²) in [7, 11) is 0. The van der Waals surface area contributed by atoms with E-state index in [1.165, 1.54) is 24.5 Å². The van der Waals surface area contributed by atoms with Crippen LogP contribution in [0.15, 0.2) is 35.6 Å². The highest BCUT2D eigenvalue weighted by Crippen LogP contribution is 2.32. The van der Waals surface area contributed by atoms with Crippen molar-refractivity contribution in [1.29, 1.82) is 0 Å². The second-order valence-corrected chi connectivity index (χ2v) is 7.23. The molecule has 0 unspecified atom stereocenters. The van der Waals surface area contributed by atoms with Crippen molar-refractivity contribution >= 4 is 40.7 Å². The van der Waals surface area contributed by atoms with Crippen molar-refractivity contribution in [3.63, 3.8) is 0 Å². The van der Waals surface area contributed by atoms with Crippen LogP contribution in [-0.4, -0.2) is 32.0 Å². The highest BCUT2D eigenvalue weighted by atomic mass is 35.5. The summed E-state index contributed by atoms with van der Waals surface area (Å²) >= 11 is 12.6. The number of nitrogen functional groups attached to an aromatic ring is 1. The molecule has 0 fully saturated rings. The molecule has 2 heterocycles. The zero-order chi connectivity index (χ0) is 22.7. The third-order valence-corrected chi connectivity index (χ3v) is 4.71. The molecule has 0 bridgehead atoms. The fraction of sp³-hybridized carbons (Fsp3) is 0.211. The van der Waals surface area contributed by atoms with E-state index < -0.39 is 23.1 Å². The molecule has 0 radical (unpaired) electrons. The van der Waals surface area contributed by atoms with Crippen molar-refractivity contribution in [2.45, 2.75) is 19.9 Å². The number of rotatable bonds is 6. The molecule has 12 heteroatoms. The molecule has 10 nitrogen and oxygen atoms in total. The fourth-order valence-corrected chi connectivity index (χ4v) is 3.35. The lowest BCUT2D eigenvalue weighted by atomic mass is 10.2. The molecule has 0 aliphatic rings. The van der Waals surface area contributed by atoms with E-state index in [1.54, 1.807) is 6.92 Å². The number of halogens is 2. The van der Waals surface area contributed by atoms with Gasteiger partial charge in [0.25, 0.3) is 11.5 Å². The zero-order valence-corrected chi connectivity index (χ0v) is 18.1. The molecule has 1 aromatic carbocycles. The van der Waals surface area contributed by atoms with Crippen molar-refractivity contribution < 1.29 is 9.53 Å². The maximum absolute atomic E-state index is 13.1. The van der Waals surface area contributed by atoms with E-state index in [4.69, 9.17) is 39.4 Å². The van der Waals surface area contributed by atoms with Gasteiger partial charge in [-0.2, -0.15) is 0 Å². The molecular weight excluding hydrogens is 445 g/mol. The van der Waals surface area contributed by atoms with Crippen molar-refractivity contribution in [2.24, 2.45) is 5.73 Å². The van der Waals surface area contributed by atoms with Crippen LogP contribution in [0, 0.1) is 0 Å². The highest BCUT2D eigenvalue weighted by molar-refractivity contribution is 6.38. The Labute approximate surface area is 187 Å². The van der Waals surface area contributed by atoms with Gasteiger partial charge in [-0.1, -0.05) is 23.2 Å². The lowest BCUT2D eigenvalue weighted by Gasteiger charge is -2.14. The molecule has 0 aliphatic carbocycles. The molecule has 3 rings (SSSR count). The molecule has 2 aromatic heterocycles. The van der Waals surface area contributed by atoms with Crippen LogP contribution < -0.4 is 27.1 Å². The Morgan fingerprint density at radius 1 is 1.29 bits per heavy atom. The summed E-state index contributed by atoms with van der Waals surface area (Å²) in [6.07, 6.45) is 3.93. The first kappa shape index (κ1) is 22.5. The molecule has 0 aliphatic heterocycles. The number of nitrogens with two attached hydrogens (primary N) is 2. The number of nitrogens with zero attached hydrogens (tertiary/aromatic N) is 4. The minimum absolute atomic E-state index is 0.103. The molecule has 0 saturated heterocycles. The van der Waals surface area contributed by atoms with Gasteiger partial charge in [-0.15, -0.1) is 0 Å². The van der Waals surface area contributed by atoms with E-state index in [-0.39, 0.29) is 27.4 Å². The number of benzene rings is 1. The zero-order valence-electron chi connectivity index (χ0n) is 16.6. The van der Waals surface area contributed by atoms with Crippen LogP contribution in [0.4, 0.5) is 11.6 Å². The van der Waals surface area contributed by atoms with Gasteiger partial charge in [-0.25, -0.2) is 9.97 Å². The van der Waals surface area contributed by atoms with E-state index >= 15 is 0 Å². The molecule has 1 amide bonds. The topological polar surface area (TPSA) is 151 Å². The second-order valence-electron chi connectivity index (χ2n) is 6.42. The number of ether oxygens (including phenoxy) is 1. The van der Waals surface area contributed by atoms with E-state index in [9.17, 15) is 9.59 Å². The molecule has 0 spiro atoms. The van der Waals surface area contributed by atoms with Crippen LogP contribution in [0.25, 0.3) is 5.69 Å². The summed E-state index contributed by atoms with van der Waals surface area (Å²) in [5.41, 5.74) is 11.0. The highest BCUT2D eigenvalue weighted by Gasteiger charge is 2.22. The summed E-state index contributed by atoms with van der Waals surface area (Å²) in [5.74, 6) is -0.554. The van der Waals surface area contributed by atoms with Crippen molar-refractivity contribution in [3.8, 4) is 11.4 Å². The summed E-state index contributed by atoms with van der Waals surface area (Å²) < 4.78 is 6.42. The van der Waals surface area contributed by atoms with Crippen LogP contribution in [0.5, 0.6) is 5.75 Å². The van der Waals surface area contributed by atoms with Crippen molar-refractivity contribution in [1.82, 2.24) is 19.5 Å². The predicted octanol–water partition coefficient (Wildman–Crippen LogP) is 2.58. The van der Waals surface area contributed by atoms with Gasteiger partial charge >= 0.3 is 0 Å². The molecular formula is C19H19Cl2N7O3. The van der Waals surface area contributed by atoms with Gasteiger partial charge in [0.1, 0.15) is 23.5 Å². The Morgan fingerprint density at radius 2 is 1.97 bits per heavy atom. The molecule has 5 N–H and O–H groups in total. The first-order valence-electron chi connectivity index (χ1n) is 9.11. The van der Waals surface area contributed by atoms with Crippen LogP contribution >= 0.6 is 23.2 Å².